The summed E-state index contributed by atoms with van der Waals surface area (Å²) in [7, 11) is 0. The Bertz CT molecular complexity index is 453. The van der Waals surface area contributed by atoms with Gasteiger partial charge >= 0.3 is 0 Å². The largest absolute Gasteiger partial charge is 0.387 e. The maximum atomic E-state index is 11.2. The van der Waals surface area contributed by atoms with Crippen molar-refractivity contribution in [1.82, 2.24) is 4.90 Å². The second-order valence-electron chi connectivity index (χ2n) is 4.54. The van der Waals surface area contributed by atoms with Crippen molar-refractivity contribution in [2.45, 2.75) is 26.9 Å². The molecule has 0 bridgehead atoms. The molecule has 0 fully saturated rings. The molecule has 1 aromatic carbocycles. The van der Waals surface area contributed by atoms with Gasteiger partial charge in [0.2, 0.25) is 5.91 Å². The summed E-state index contributed by atoms with van der Waals surface area (Å²) in [6, 6.07) is 3.68. The van der Waals surface area contributed by atoms with Gasteiger partial charge in [-0.25, -0.2) is 0 Å². The lowest BCUT2D eigenvalue weighted by Crippen LogP contribution is -2.28. The van der Waals surface area contributed by atoms with Crippen molar-refractivity contribution in [3.63, 3.8) is 0 Å². The number of halogens is 2. The molecule has 0 aliphatic carbocycles. The number of amides is 1. The van der Waals surface area contributed by atoms with Gasteiger partial charge in [-0.2, -0.15) is 0 Å². The monoisotopic (exact) mass is 406 g/mol. The number of nitrogens with one attached hydrogen (secondary N) is 1. The van der Waals surface area contributed by atoms with E-state index in [9.17, 15) is 9.90 Å². The van der Waals surface area contributed by atoms with Crippen LogP contribution < -0.4 is 5.32 Å². The van der Waals surface area contributed by atoms with E-state index in [-0.39, 0.29) is 5.91 Å². The molecule has 1 unspecified atom stereocenters. The minimum absolute atomic E-state index is 0.136. The number of hydrogen-bond acceptors (Lipinski definition) is 3. The minimum Gasteiger partial charge on any atom is -0.387 e. The molecule has 112 valence electrons. The fraction of sp³-hybridized carbons (Fsp3) is 0.500. The summed E-state index contributed by atoms with van der Waals surface area (Å²) in [6.07, 6.45) is -0.561. The Balaban J connectivity index is 2.95. The topological polar surface area (TPSA) is 52.6 Å². The fourth-order valence-electron chi connectivity index (χ4n) is 1.91. The highest BCUT2D eigenvalue weighted by atomic mass is 79.9. The summed E-state index contributed by atoms with van der Waals surface area (Å²) in [6.45, 7) is 8.00. The van der Waals surface area contributed by atoms with Crippen LogP contribution in [0.1, 0.15) is 32.4 Å². The van der Waals surface area contributed by atoms with E-state index in [4.69, 9.17) is 0 Å². The Labute approximate surface area is 136 Å². The lowest BCUT2D eigenvalue weighted by Gasteiger charge is -2.23. The van der Waals surface area contributed by atoms with Gasteiger partial charge < -0.3 is 15.3 Å². The van der Waals surface area contributed by atoms with Crippen LogP contribution in [0, 0.1) is 0 Å². The third kappa shape index (κ3) is 4.84. The molecule has 20 heavy (non-hydrogen) atoms. The minimum atomic E-state index is -0.561. The number of anilines is 1. The van der Waals surface area contributed by atoms with Crippen LogP contribution in [0.3, 0.4) is 0 Å². The van der Waals surface area contributed by atoms with E-state index in [2.05, 4.69) is 55.9 Å². The van der Waals surface area contributed by atoms with Gasteiger partial charge in [0.15, 0.2) is 0 Å². The number of carbonyl (C=O) groups excluding carboxylic acids is 1. The van der Waals surface area contributed by atoms with Crippen LogP contribution in [-0.2, 0) is 4.79 Å². The number of aliphatic hydroxyl groups is 1. The Morgan fingerprint density at radius 1 is 1.30 bits per heavy atom. The van der Waals surface area contributed by atoms with Gasteiger partial charge in [-0.15, -0.1) is 0 Å². The molecule has 0 aromatic heterocycles. The van der Waals surface area contributed by atoms with Crippen molar-refractivity contribution in [2.24, 2.45) is 0 Å². The summed E-state index contributed by atoms with van der Waals surface area (Å²) in [4.78, 5) is 13.3. The zero-order valence-electron chi connectivity index (χ0n) is 11.9. The van der Waals surface area contributed by atoms with Crippen LogP contribution in [0.2, 0.25) is 0 Å². The predicted molar refractivity (Wildman–Crippen MR) is 88.9 cm³/mol. The molecule has 0 aliphatic heterocycles. The smallest absolute Gasteiger partial charge is 0.221 e. The molecule has 1 rings (SSSR count). The molecule has 6 heteroatoms. The first-order valence-electron chi connectivity index (χ1n) is 6.55. The molecule has 0 saturated heterocycles. The molecule has 1 atom stereocenters. The highest BCUT2D eigenvalue weighted by Crippen LogP contribution is 2.34. The van der Waals surface area contributed by atoms with Crippen molar-refractivity contribution in [1.29, 1.82) is 0 Å². The third-order valence-corrected chi connectivity index (χ3v) is 4.33. The van der Waals surface area contributed by atoms with Crippen molar-refractivity contribution < 1.29 is 9.90 Å². The van der Waals surface area contributed by atoms with E-state index in [0.29, 0.717) is 12.2 Å². The molecule has 4 nitrogen and oxygen atoms in total. The Hall–Kier alpha value is -0.430. The molecule has 0 aliphatic rings. The molecule has 0 radical (unpaired) electrons. The summed E-state index contributed by atoms with van der Waals surface area (Å²) in [5.74, 6) is -0.136. The first-order valence-corrected chi connectivity index (χ1v) is 8.14. The van der Waals surface area contributed by atoms with Crippen LogP contribution >= 0.6 is 31.9 Å². The van der Waals surface area contributed by atoms with Crippen molar-refractivity contribution in [3.8, 4) is 0 Å². The SMILES string of the molecule is CCN(CC)CC(O)c1cc(Br)c(NC(C)=O)c(Br)c1. The number of carbonyl (C=O) groups is 1. The van der Waals surface area contributed by atoms with Gasteiger partial charge in [0, 0.05) is 22.4 Å². The van der Waals surface area contributed by atoms with Crippen LogP contribution in [0.5, 0.6) is 0 Å². The van der Waals surface area contributed by atoms with E-state index in [1.807, 2.05) is 12.1 Å². The summed E-state index contributed by atoms with van der Waals surface area (Å²) < 4.78 is 1.49. The molecule has 0 heterocycles. The second-order valence-corrected chi connectivity index (χ2v) is 6.25. The maximum absolute atomic E-state index is 11.2. The van der Waals surface area contributed by atoms with Gasteiger partial charge in [-0.1, -0.05) is 13.8 Å². The average molecular weight is 408 g/mol. The Kier molecular flexibility index (Phi) is 7.15. The average Bonchev–Trinajstić information content (AvgIpc) is 2.39. The number of rotatable bonds is 6. The standard InChI is InChI=1S/C14H20Br2N2O2/c1-4-18(5-2)8-13(20)10-6-11(15)14(12(16)7-10)17-9(3)19/h6-7,13,20H,4-5,8H2,1-3H3,(H,17,19). The van der Waals surface area contributed by atoms with Crippen molar-refractivity contribution in [2.75, 3.05) is 25.0 Å². The van der Waals surface area contributed by atoms with Gasteiger partial charge in [-0.3, -0.25) is 4.79 Å². The summed E-state index contributed by atoms with van der Waals surface area (Å²) >= 11 is 6.85. The first kappa shape index (κ1) is 17.6. The van der Waals surface area contributed by atoms with Crippen LogP contribution in [0.15, 0.2) is 21.1 Å². The number of hydrogen-bond donors (Lipinski definition) is 2. The highest BCUT2D eigenvalue weighted by molar-refractivity contribution is 9.11. The van der Waals surface area contributed by atoms with E-state index < -0.39 is 6.10 Å². The van der Waals surface area contributed by atoms with Gasteiger partial charge in [0.25, 0.3) is 0 Å². The van der Waals surface area contributed by atoms with Crippen molar-refractivity contribution >= 4 is 43.5 Å². The van der Waals surface area contributed by atoms with Gasteiger partial charge in [0.1, 0.15) is 0 Å². The molecular weight excluding hydrogens is 388 g/mol. The molecule has 2 N–H and O–H groups in total. The Morgan fingerprint density at radius 3 is 2.20 bits per heavy atom. The molecular formula is C14H20Br2N2O2. The molecule has 1 amide bonds. The van der Waals surface area contributed by atoms with Gasteiger partial charge in [0.05, 0.1) is 11.8 Å². The molecule has 0 spiro atoms. The number of nitrogens with zero attached hydrogens (tertiary/aromatic N) is 1. The lowest BCUT2D eigenvalue weighted by atomic mass is 10.1. The Morgan fingerprint density at radius 2 is 1.80 bits per heavy atom. The second kappa shape index (κ2) is 8.12. The van der Waals surface area contributed by atoms with E-state index in [1.165, 1.54) is 6.92 Å². The quantitative estimate of drug-likeness (QED) is 0.758. The molecule has 0 saturated carbocycles. The normalized spacial score (nSPS) is 12.6. The predicted octanol–water partition coefficient (Wildman–Crippen LogP) is 3.55. The summed E-state index contributed by atoms with van der Waals surface area (Å²) in [5.41, 5.74) is 1.49. The third-order valence-electron chi connectivity index (χ3n) is 3.08. The van der Waals surface area contributed by atoms with Gasteiger partial charge in [-0.05, 0) is 62.6 Å². The fourth-order valence-corrected chi connectivity index (χ4v) is 3.33. The van der Waals surface area contributed by atoms with Crippen LogP contribution in [0.25, 0.3) is 0 Å². The number of likely N-dealkylation sites (N-methyl/N-ethyl adjacent to an activating group) is 1. The van der Waals surface area contributed by atoms with Crippen molar-refractivity contribution in [3.05, 3.63) is 26.6 Å². The van der Waals surface area contributed by atoms with Crippen LogP contribution in [-0.4, -0.2) is 35.5 Å². The number of aliphatic hydroxyl groups excluding tert-OH is 1. The van der Waals surface area contributed by atoms with E-state index in [1.54, 1.807) is 0 Å². The maximum Gasteiger partial charge on any atom is 0.221 e. The van der Waals surface area contributed by atoms with E-state index >= 15 is 0 Å². The van der Waals surface area contributed by atoms with Crippen LogP contribution in [0.4, 0.5) is 5.69 Å². The first-order chi connectivity index (χ1) is 9.38. The lowest BCUT2D eigenvalue weighted by molar-refractivity contribution is -0.114. The highest BCUT2D eigenvalue weighted by Gasteiger charge is 2.15. The summed E-state index contributed by atoms with van der Waals surface area (Å²) in [5, 5.41) is 13.1. The number of benzene rings is 1. The zero-order valence-corrected chi connectivity index (χ0v) is 15.1. The zero-order chi connectivity index (χ0) is 15.3. The van der Waals surface area contributed by atoms with E-state index in [0.717, 1.165) is 27.6 Å². The molecule has 1 aromatic rings.